The predicted molar refractivity (Wildman–Crippen MR) is 102 cm³/mol. The molecule has 2 N–H and O–H groups in total. The summed E-state index contributed by atoms with van der Waals surface area (Å²) < 4.78 is 24.5. The Morgan fingerprint density at radius 1 is 1.19 bits per heavy atom. The zero-order valence-corrected chi connectivity index (χ0v) is 15.9. The molecular weight excluding hydrogens is 354 g/mol. The van der Waals surface area contributed by atoms with Crippen molar-refractivity contribution in [3.63, 3.8) is 0 Å². The van der Waals surface area contributed by atoms with Gasteiger partial charge >= 0.3 is 0 Å². The van der Waals surface area contributed by atoms with E-state index in [-0.39, 0.29) is 17.4 Å². The highest BCUT2D eigenvalue weighted by Crippen LogP contribution is 2.24. The third kappa shape index (κ3) is 3.66. The first-order chi connectivity index (χ1) is 12.2. The molecule has 1 aromatic carbocycles. The van der Waals surface area contributed by atoms with Gasteiger partial charge in [-0.25, -0.2) is 12.7 Å². The molecule has 0 atom stereocenters. The molecule has 2 heterocycles. The number of hydrogen-bond acceptors (Lipinski definition) is 4. The van der Waals surface area contributed by atoms with Crippen molar-refractivity contribution in [1.29, 1.82) is 0 Å². The molecule has 0 unspecified atom stereocenters. The highest BCUT2D eigenvalue weighted by Gasteiger charge is 2.28. The summed E-state index contributed by atoms with van der Waals surface area (Å²) >= 11 is 0. The molecule has 140 valence electrons. The monoisotopic (exact) mass is 377 g/mol. The van der Waals surface area contributed by atoms with Crippen LogP contribution in [0, 0.1) is 19.8 Å². The summed E-state index contributed by atoms with van der Waals surface area (Å²) in [6, 6.07) is 5.46. The number of nitrogens with zero attached hydrogens (tertiary/aromatic N) is 1. The van der Waals surface area contributed by atoms with Gasteiger partial charge in [0.2, 0.25) is 15.9 Å². The molecule has 0 radical (unpaired) electrons. The van der Waals surface area contributed by atoms with Gasteiger partial charge in [0, 0.05) is 35.6 Å². The first-order valence-electron chi connectivity index (χ1n) is 8.56. The van der Waals surface area contributed by atoms with Gasteiger partial charge in [-0.2, -0.15) is 0 Å². The molecule has 0 aliphatic carbocycles. The van der Waals surface area contributed by atoms with Crippen LogP contribution >= 0.6 is 0 Å². The van der Waals surface area contributed by atoms with E-state index in [2.05, 4.69) is 10.3 Å². The summed E-state index contributed by atoms with van der Waals surface area (Å²) in [6.07, 6.45) is 2.19. The molecule has 7 nitrogen and oxygen atoms in total. The van der Waals surface area contributed by atoms with E-state index in [9.17, 15) is 18.0 Å². The van der Waals surface area contributed by atoms with Crippen LogP contribution in [0.3, 0.4) is 0 Å². The fourth-order valence-corrected chi connectivity index (χ4v) is 4.21. The topological polar surface area (TPSA) is 99.3 Å². The smallest absolute Gasteiger partial charge is 0.251 e. The van der Waals surface area contributed by atoms with Crippen molar-refractivity contribution in [2.45, 2.75) is 26.7 Å². The van der Waals surface area contributed by atoms with Gasteiger partial charge in [-0.1, -0.05) is 6.07 Å². The number of sulfonamides is 1. The highest BCUT2D eigenvalue weighted by atomic mass is 32.2. The maximum atomic E-state index is 12.5. The minimum atomic E-state index is -3.20. The molecule has 1 aromatic heterocycles. The molecule has 3 rings (SSSR count). The number of pyridine rings is 1. The van der Waals surface area contributed by atoms with Gasteiger partial charge in [0.1, 0.15) is 0 Å². The van der Waals surface area contributed by atoms with Crippen molar-refractivity contribution >= 4 is 32.5 Å². The van der Waals surface area contributed by atoms with Gasteiger partial charge in [-0.3, -0.25) is 9.59 Å². The molecule has 8 heteroatoms. The van der Waals surface area contributed by atoms with Crippen LogP contribution in [0.4, 0.5) is 5.69 Å². The Morgan fingerprint density at radius 3 is 2.46 bits per heavy atom. The van der Waals surface area contributed by atoms with E-state index in [1.54, 1.807) is 13.0 Å². The van der Waals surface area contributed by atoms with E-state index in [4.69, 9.17) is 0 Å². The number of hydrogen-bond donors (Lipinski definition) is 2. The van der Waals surface area contributed by atoms with Crippen LogP contribution in [0.2, 0.25) is 0 Å². The van der Waals surface area contributed by atoms with Gasteiger partial charge in [0.05, 0.1) is 11.8 Å². The number of aromatic nitrogens is 1. The summed E-state index contributed by atoms with van der Waals surface area (Å²) in [5.41, 5.74) is 2.78. The zero-order valence-electron chi connectivity index (χ0n) is 15.1. The average Bonchev–Trinajstić information content (AvgIpc) is 2.59. The number of amides is 1. The summed E-state index contributed by atoms with van der Waals surface area (Å²) in [5, 5.41) is 3.83. The number of rotatable bonds is 3. The normalized spacial score (nSPS) is 16.7. The third-order valence-corrected chi connectivity index (χ3v) is 6.44. The molecule has 1 aliphatic heterocycles. The lowest BCUT2D eigenvalue weighted by Crippen LogP contribution is -2.40. The SMILES string of the molecule is Cc1c(C)c2ccc(NC(=O)C3CCN(S(C)(=O)=O)CC3)cc2[nH]c1=O. The van der Waals surface area contributed by atoms with Crippen LogP contribution in [0.25, 0.3) is 10.9 Å². The molecule has 26 heavy (non-hydrogen) atoms. The number of anilines is 1. The molecule has 0 saturated carbocycles. The van der Waals surface area contributed by atoms with Crippen LogP contribution in [-0.2, 0) is 14.8 Å². The van der Waals surface area contributed by atoms with Crippen molar-refractivity contribution in [3.8, 4) is 0 Å². The van der Waals surface area contributed by atoms with E-state index < -0.39 is 10.0 Å². The lowest BCUT2D eigenvalue weighted by Gasteiger charge is -2.29. The Balaban J connectivity index is 1.74. The zero-order chi connectivity index (χ0) is 19.1. The summed E-state index contributed by atoms with van der Waals surface area (Å²) in [7, 11) is -3.20. The first kappa shape index (κ1) is 18.6. The standard InChI is InChI=1S/C18H23N3O4S/c1-11-12(2)17(22)20-16-10-14(4-5-15(11)16)19-18(23)13-6-8-21(9-7-13)26(3,24)25/h4-5,10,13H,6-9H2,1-3H3,(H,19,23)(H,20,22). The van der Waals surface area contributed by atoms with Crippen molar-refractivity contribution in [2.24, 2.45) is 5.92 Å². The predicted octanol–water partition coefficient (Wildman–Crippen LogP) is 1.76. The van der Waals surface area contributed by atoms with Crippen LogP contribution in [0.1, 0.15) is 24.0 Å². The van der Waals surface area contributed by atoms with E-state index in [0.717, 1.165) is 10.9 Å². The molecule has 1 fully saturated rings. The van der Waals surface area contributed by atoms with Gasteiger partial charge < -0.3 is 10.3 Å². The Kier molecular flexibility index (Phi) is 4.90. The molecular formula is C18H23N3O4S. The highest BCUT2D eigenvalue weighted by molar-refractivity contribution is 7.88. The van der Waals surface area contributed by atoms with E-state index in [1.807, 2.05) is 19.1 Å². The Labute approximate surface area is 152 Å². The fourth-order valence-electron chi connectivity index (χ4n) is 3.33. The number of carbonyl (C=O) groups is 1. The molecule has 1 saturated heterocycles. The first-order valence-corrected chi connectivity index (χ1v) is 10.4. The number of carbonyl (C=O) groups excluding carboxylic acids is 1. The summed E-state index contributed by atoms with van der Waals surface area (Å²) in [5.74, 6) is -0.341. The molecule has 1 aliphatic rings. The van der Waals surface area contributed by atoms with Crippen molar-refractivity contribution < 1.29 is 13.2 Å². The second-order valence-electron chi connectivity index (χ2n) is 6.89. The molecule has 1 amide bonds. The average molecular weight is 377 g/mol. The number of aromatic amines is 1. The number of piperidine rings is 1. The summed E-state index contributed by atoms with van der Waals surface area (Å²) in [4.78, 5) is 27.3. The minimum absolute atomic E-state index is 0.122. The number of benzene rings is 1. The largest absolute Gasteiger partial charge is 0.326 e. The van der Waals surface area contributed by atoms with Crippen LogP contribution in [0.5, 0.6) is 0 Å². The molecule has 0 spiro atoms. The third-order valence-electron chi connectivity index (χ3n) is 5.14. The van der Waals surface area contributed by atoms with Crippen LogP contribution < -0.4 is 10.9 Å². The van der Waals surface area contributed by atoms with Crippen molar-refractivity contribution in [2.75, 3.05) is 24.7 Å². The fraction of sp³-hybridized carbons (Fsp3) is 0.444. The van der Waals surface area contributed by atoms with Gasteiger partial charge in [0.15, 0.2) is 0 Å². The minimum Gasteiger partial charge on any atom is -0.326 e. The lowest BCUT2D eigenvalue weighted by atomic mass is 9.97. The molecule has 0 bridgehead atoms. The Bertz CT molecular complexity index is 1020. The Morgan fingerprint density at radius 2 is 1.85 bits per heavy atom. The van der Waals surface area contributed by atoms with Crippen molar-refractivity contribution in [3.05, 3.63) is 39.7 Å². The van der Waals surface area contributed by atoms with Gasteiger partial charge in [0.25, 0.3) is 5.56 Å². The van der Waals surface area contributed by atoms with Gasteiger partial charge in [-0.15, -0.1) is 0 Å². The number of nitrogens with one attached hydrogen (secondary N) is 2. The van der Waals surface area contributed by atoms with Crippen molar-refractivity contribution in [1.82, 2.24) is 9.29 Å². The second-order valence-corrected chi connectivity index (χ2v) is 8.87. The summed E-state index contributed by atoms with van der Waals surface area (Å²) in [6.45, 7) is 4.41. The van der Waals surface area contributed by atoms with Gasteiger partial charge in [-0.05, 0) is 44.4 Å². The maximum Gasteiger partial charge on any atom is 0.251 e. The van der Waals surface area contributed by atoms with Crippen LogP contribution in [-0.4, -0.2) is 43.0 Å². The number of H-pyrrole nitrogens is 1. The van der Waals surface area contributed by atoms with E-state index in [1.165, 1.54) is 10.6 Å². The maximum absolute atomic E-state index is 12.5. The number of aryl methyl sites for hydroxylation is 1. The second kappa shape index (κ2) is 6.85. The Hall–Kier alpha value is -2.19. The quantitative estimate of drug-likeness (QED) is 0.851. The van der Waals surface area contributed by atoms with E-state index in [0.29, 0.717) is 42.7 Å². The van der Waals surface area contributed by atoms with Crippen LogP contribution in [0.15, 0.2) is 23.0 Å². The lowest BCUT2D eigenvalue weighted by molar-refractivity contribution is -0.120. The molecule has 2 aromatic rings. The number of fused-ring (bicyclic) bond motifs is 1. The van der Waals surface area contributed by atoms with E-state index >= 15 is 0 Å².